The van der Waals surface area contributed by atoms with E-state index < -0.39 is 23.3 Å². The molecule has 4 aromatic rings. The standard InChI is InChI=1S/C36H44ClN5O6/c1-8-46-33(43)27(19-38-29-13-15-31(24(6)17-29)47-22(2)3)21-42-35(44)40-34(39-30-14-16-32(25(7)18-30)48-23(4)5)41(36(42)45)20-26-9-11-28(37)12-10-26/h9-18,22-23,27,38H,8,19-21H2,1-7H3,(H,39,40,44). The SMILES string of the molecule is CCOC(=O)C(CNc1ccc(OC(C)C)c(C)c1)Cn1c(=O)[nH]/c(=N\c2ccc(OC(C)C)c(C)c2)n(Cc2ccc(Cl)cc2)c1=O. The zero-order valence-corrected chi connectivity index (χ0v) is 29.3. The zero-order valence-electron chi connectivity index (χ0n) is 28.5. The number of halogens is 1. The van der Waals surface area contributed by atoms with Gasteiger partial charge in [0.15, 0.2) is 0 Å². The van der Waals surface area contributed by atoms with Gasteiger partial charge in [0.1, 0.15) is 11.5 Å². The minimum absolute atomic E-state index is 0.000385. The average Bonchev–Trinajstić information content (AvgIpc) is 3.02. The Morgan fingerprint density at radius 1 is 0.896 bits per heavy atom. The monoisotopic (exact) mass is 677 g/mol. The average molecular weight is 678 g/mol. The summed E-state index contributed by atoms with van der Waals surface area (Å²) in [5.41, 5.74) is 2.53. The van der Waals surface area contributed by atoms with E-state index in [4.69, 9.17) is 25.8 Å². The largest absolute Gasteiger partial charge is 0.491 e. The van der Waals surface area contributed by atoms with Gasteiger partial charge < -0.3 is 19.5 Å². The number of hydrogen-bond acceptors (Lipinski definition) is 8. The highest BCUT2D eigenvalue weighted by molar-refractivity contribution is 6.30. The lowest BCUT2D eigenvalue weighted by molar-refractivity contribution is -0.148. The first-order valence-electron chi connectivity index (χ1n) is 16.0. The van der Waals surface area contributed by atoms with E-state index >= 15 is 0 Å². The topological polar surface area (TPSA) is 129 Å². The van der Waals surface area contributed by atoms with Crippen molar-refractivity contribution in [3.63, 3.8) is 0 Å². The minimum atomic E-state index is -0.862. The van der Waals surface area contributed by atoms with Gasteiger partial charge in [-0.25, -0.2) is 19.1 Å². The van der Waals surface area contributed by atoms with Gasteiger partial charge in [0.25, 0.3) is 0 Å². The summed E-state index contributed by atoms with van der Waals surface area (Å²) in [6, 6.07) is 18.0. The van der Waals surface area contributed by atoms with Crippen LogP contribution >= 0.6 is 11.6 Å². The third-order valence-corrected chi connectivity index (χ3v) is 7.56. The van der Waals surface area contributed by atoms with Gasteiger partial charge in [-0.05, 0) is 114 Å². The van der Waals surface area contributed by atoms with Crippen LogP contribution in [-0.4, -0.2) is 45.4 Å². The fourth-order valence-corrected chi connectivity index (χ4v) is 5.15. The van der Waals surface area contributed by atoms with Gasteiger partial charge in [0, 0.05) is 23.8 Å². The summed E-state index contributed by atoms with van der Waals surface area (Å²) in [6.45, 7) is 13.5. The van der Waals surface area contributed by atoms with Crippen LogP contribution in [0.25, 0.3) is 0 Å². The van der Waals surface area contributed by atoms with Crippen LogP contribution in [0.1, 0.15) is 51.3 Å². The quantitative estimate of drug-likeness (QED) is 0.163. The molecule has 0 aliphatic heterocycles. The number of nitrogens with zero attached hydrogens (tertiary/aromatic N) is 3. The molecule has 0 amide bonds. The molecule has 1 atom stereocenters. The Labute approximate surface area is 285 Å². The molecule has 1 unspecified atom stereocenters. The number of esters is 1. The number of benzene rings is 3. The number of rotatable bonds is 14. The van der Waals surface area contributed by atoms with Gasteiger partial charge in [-0.3, -0.25) is 14.3 Å². The summed E-state index contributed by atoms with van der Waals surface area (Å²) >= 11 is 6.11. The second-order valence-corrected chi connectivity index (χ2v) is 12.5. The van der Waals surface area contributed by atoms with Crippen LogP contribution in [-0.2, 0) is 22.6 Å². The molecular formula is C36H44ClN5O6. The highest BCUT2D eigenvalue weighted by Gasteiger charge is 2.24. The number of ether oxygens (including phenoxy) is 3. The summed E-state index contributed by atoms with van der Waals surface area (Å²) < 4.78 is 19.4. The molecule has 0 saturated carbocycles. The van der Waals surface area contributed by atoms with Gasteiger partial charge >= 0.3 is 17.3 Å². The number of carbonyl (C=O) groups is 1. The van der Waals surface area contributed by atoms with Gasteiger partial charge in [-0.1, -0.05) is 23.7 Å². The van der Waals surface area contributed by atoms with Gasteiger partial charge in [-0.15, -0.1) is 0 Å². The van der Waals surface area contributed by atoms with E-state index in [2.05, 4.69) is 15.3 Å². The molecule has 0 radical (unpaired) electrons. The molecule has 11 nitrogen and oxygen atoms in total. The maximum absolute atomic E-state index is 14.1. The second-order valence-electron chi connectivity index (χ2n) is 12.1. The number of hydrogen-bond donors (Lipinski definition) is 2. The van der Waals surface area contributed by atoms with Crippen LogP contribution in [0.5, 0.6) is 11.5 Å². The molecule has 0 bridgehead atoms. The third-order valence-electron chi connectivity index (χ3n) is 7.30. The van der Waals surface area contributed by atoms with Crippen molar-refractivity contribution in [2.24, 2.45) is 10.9 Å². The van der Waals surface area contributed by atoms with Crippen molar-refractivity contribution in [1.29, 1.82) is 0 Å². The summed E-state index contributed by atoms with van der Waals surface area (Å²) in [4.78, 5) is 48.1. The smallest absolute Gasteiger partial charge is 0.335 e. The fourth-order valence-electron chi connectivity index (χ4n) is 5.02. The Balaban J connectivity index is 1.73. The molecule has 1 aromatic heterocycles. The Bertz CT molecular complexity index is 1910. The Hall–Kier alpha value is -4.77. The van der Waals surface area contributed by atoms with E-state index in [0.29, 0.717) is 10.7 Å². The lowest BCUT2D eigenvalue weighted by Crippen LogP contribution is -2.51. The van der Waals surface area contributed by atoms with Crippen molar-refractivity contribution < 1.29 is 19.0 Å². The maximum Gasteiger partial charge on any atom is 0.335 e. The van der Waals surface area contributed by atoms with Crippen LogP contribution in [0.4, 0.5) is 11.4 Å². The maximum atomic E-state index is 14.1. The molecule has 3 aromatic carbocycles. The lowest BCUT2D eigenvalue weighted by atomic mass is 10.1. The van der Waals surface area contributed by atoms with Crippen molar-refractivity contribution in [2.75, 3.05) is 18.5 Å². The third kappa shape index (κ3) is 9.63. The molecule has 256 valence electrons. The summed E-state index contributed by atoms with van der Waals surface area (Å²) in [5, 5.41) is 3.81. The highest BCUT2D eigenvalue weighted by Crippen LogP contribution is 2.25. The van der Waals surface area contributed by atoms with E-state index in [9.17, 15) is 14.4 Å². The normalized spacial score (nSPS) is 12.3. The molecule has 0 spiro atoms. The van der Waals surface area contributed by atoms with Crippen molar-refractivity contribution in [2.45, 2.75) is 73.8 Å². The number of aromatic amines is 1. The Kier molecular flexibility index (Phi) is 12.3. The van der Waals surface area contributed by atoms with Gasteiger partial charge in [0.2, 0.25) is 5.62 Å². The van der Waals surface area contributed by atoms with Crippen LogP contribution in [0, 0.1) is 19.8 Å². The Morgan fingerprint density at radius 2 is 1.52 bits per heavy atom. The predicted octanol–water partition coefficient (Wildman–Crippen LogP) is 5.75. The molecular weight excluding hydrogens is 634 g/mol. The van der Waals surface area contributed by atoms with Crippen LogP contribution in [0.3, 0.4) is 0 Å². The Morgan fingerprint density at radius 3 is 2.10 bits per heavy atom. The lowest BCUT2D eigenvalue weighted by Gasteiger charge is -2.19. The molecule has 0 saturated heterocycles. The first-order valence-corrected chi connectivity index (χ1v) is 16.4. The van der Waals surface area contributed by atoms with E-state index in [1.54, 1.807) is 43.3 Å². The van der Waals surface area contributed by atoms with E-state index in [1.807, 2.05) is 65.8 Å². The molecule has 4 rings (SSSR count). The summed E-state index contributed by atoms with van der Waals surface area (Å²) in [5.74, 6) is 0.0837. The number of aryl methyl sites for hydroxylation is 2. The highest BCUT2D eigenvalue weighted by atomic mass is 35.5. The fraction of sp³-hybridized carbons (Fsp3) is 0.389. The molecule has 0 fully saturated rings. The van der Waals surface area contributed by atoms with Crippen molar-refractivity contribution in [3.8, 4) is 11.5 Å². The van der Waals surface area contributed by atoms with E-state index in [1.165, 1.54) is 4.57 Å². The van der Waals surface area contributed by atoms with Crippen LogP contribution in [0.15, 0.2) is 75.2 Å². The van der Waals surface area contributed by atoms with Gasteiger partial charge in [-0.2, -0.15) is 0 Å². The predicted molar refractivity (Wildman–Crippen MR) is 188 cm³/mol. The van der Waals surface area contributed by atoms with E-state index in [-0.39, 0.29) is 44.1 Å². The van der Waals surface area contributed by atoms with Crippen LogP contribution < -0.4 is 31.8 Å². The molecule has 48 heavy (non-hydrogen) atoms. The number of aromatic nitrogens is 3. The first kappa shape index (κ1) is 36.1. The number of nitrogens with one attached hydrogen (secondary N) is 2. The number of anilines is 1. The minimum Gasteiger partial charge on any atom is -0.491 e. The molecule has 12 heteroatoms. The molecule has 1 heterocycles. The number of H-pyrrole nitrogens is 1. The van der Waals surface area contributed by atoms with E-state index in [0.717, 1.165) is 38.4 Å². The molecule has 0 aliphatic carbocycles. The summed E-state index contributed by atoms with van der Waals surface area (Å²) in [7, 11) is 0. The molecule has 2 N–H and O–H groups in total. The molecule has 0 aliphatic rings. The zero-order chi connectivity index (χ0) is 35.0. The van der Waals surface area contributed by atoms with Crippen molar-refractivity contribution in [3.05, 3.63) is 109 Å². The van der Waals surface area contributed by atoms with Crippen molar-refractivity contribution >= 4 is 28.9 Å². The number of carbonyl (C=O) groups excluding carboxylic acids is 1. The summed E-state index contributed by atoms with van der Waals surface area (Å²) in [6.07, 6.45) is 0.0299. The van der Waals surface area contributed by atoms with Crippen LogP contribution in [0.2, 0.25) is 5.02 Å². The second kappa shape index (κ2) is 16.4. The van der Waals surface area contributed by atoms with Crippen molar-refractivity contribution in [1.82, 2.24) is 14.1 Å². The van der Waals surface area contributed by atoms with Gasteiger partial charge in [0.05, 0.1) is 37.0 Å². The first-order chi connectivity index (χ1) is 22.8.